The molecule has 14 nitrogen and oxygen atoms in total. The van der Waals surface area contributed by atoms with E-state index in [9.17, 15) is 24.6 Å². The monoisotopic (exact) mass is 524 g/mol. The highest BCUT2D eigenvalue weighted by Gasteiger charge is 2.29. The number of aldehydes is 1. The number of nitrogens with zero attached hydrogens (tertiary/aromatic N) is 2. The van der Waals surface area contributed by atoms with Crippen molar-refractivity contribution in [1.82, 2.24) is 0 Å². The molecule has 0 saturated carbocycles. The predicted octanol–water partition coefficient (Wildman–Crippen LogP) is -0.694. The number of nitrogens with two attached hydrogens (primary N) is 2. The van der Waals surface area contributed by atoms with E-state index in [4.69, 9.17) is 36.9 Å². The van der Waals surface area contributed by atoms with Crippen LogP contribution in [0.2, 0.25) is 0 Å². The lowest BCUT2D eigenvalue weighted by atomic mass is 10.1. The summed E-state index contributed by atoms with van der Waals surface area (Å²) < 4.78 is 0. The molecule has 2 aromatic carbocycles. The van der Waals surface area contributed by atoms with Crippen LogP contribution < -0.4 is 21.7 Å². The summed E-state index contributed by atoms with van der Waals surface area (Å²) in [5, 5.41) is 56.8. The third-order valence-electron chi connectivity index (χ3n) is 4.59. The van der Waals surface area contributed by atoms with Crippen molar-refractivity contribution in [3.05, 3.63) is 59.7 Å². The summed E-state index contributed by atoms with van der Waals surface area (Å²) in [7, 11) is 0. The summed E-state index contributed by atoms with van der Waals surface area (Å²) in [5.74, 6) is 8.43. The number of benzene rings is 2. The van der Waals surface area contributed by atoms with E-state index in [0.29, 0.717) is 0 Å². The number of ketones is 1. The first-order chi connectivity index (χ1) is 17.1. The van der Waals surface area contributed by atoms with E-state index in [1.807, 2.05) is 0 Å². The number of carbonyl (C=O) groups is 4. The van der Waals surface area contributed by atoms with Gasteiger partial charge in [-0.1, -0.05) is 24.3 Å². The normalized spacial score (nSPS) is 13.2. The SMILES string of the molecule is CC(=O)C=O.CC(O)(CO)N(N)c1ccccc1C(=O)O.CC(O)(CO)N(N)c1ccccc1C(=O)O. The molecule has 0 saturated heterocycles. The van der Waals surface area contributed by atoms with Crippen molar-refractivity contribution in [2.75, 3.05) is 23.2 Å². The molecule has 204 valence electrons. The minimum Gasteiger partial charge on any atom is -0.478 e. The standard InChI is InChI=1S/2C10H14N2O4.C3H4O2/c2*1-10(16,6-13)12(11)8-5-3-2-4-7(8)9(14)15;1-3(5)2-4/h2*2-5,13,16H,6,11H2,1H3,(H,14,15);2H,1H3. The minimum atomic E-state index is -1.72. The smallest absolute Gasteiger partial charge is 0.337 e. The van der Waals surface area contributed by atoms with Gasteiger partial charge in [0.1, 0.15) is 0 Å². The largest absolute Gasteiger partial charge is 0.478 e. The van der Waals surface area contributed by atoms with E-state index in [-0.39, 0.29) is 28.8 Å². The van der Waals surface area contributed by atoms with Crippen molar-refractivity contribution in [3.63, 3.8) is 0 Å². The Kier molecular flexibility index (Phi) is 13.0. The Morgan fingerprint density at radius 2 is 1.05 bits per heavy atom. The maximum Gasteiger partial charge on any atom is 0.337 e. The first-order valence-corrected chi connectivity index (χ1v) is 10.4. The van der Waals surface area contributed by atoms with Crippen LogP contribution in [-0.4, -0.2) is 79.3 Å². The maximum atomic E-state index is 10.9. The van der Waals surface area contributed by atoms with Crippen molar-refractivity contribution in [2.24, 2.45) is 11.7 Å². The van der Waals surface area contributed by atoms with Crippen LogP contribution in [0, 0.1) is 0 Å². The highest BCUT2D eigenvalue weighted by molar-refractivity contribution is 6.23. The number of aliphatic hydroxyl groups is 4. The van der Waals surface area contributed by atoms with Gasteiger partial charge >= 0.3 is 11.9 Å². The molecule has 0 aliphatic carbocycles. The van der Waals surface area contributed by atoms with Crippen LogP contribution in [0.4, 0.5) is 11.4 Å². The first-order valence-electron chi connectivity index (χ1n) is 10.4. The molecule has 2 unspecified atom stereocenters. The number of aromatic carboxylic acids is 2. The van der Waals surface area contributed by atoms with Gasteiger partial charge in [0, 0.05) is 6.92 Å². The van der Waals surface area contributed by atoms with Crippen LogP contribution in [0.1, 0.15) is 41.5 Å². The molecule has 0 spiro atoms. The van der Waals surface area contributed by atoms with E-state index in [0.717, 1.165) is 10.0 Å². The molecule has 0 amide bonds. The van der Waals surface area contributed by atoms with Gasteiger partial charge in [-0.15, -0.1) is 0 Å². The van der Waals surface area contributed by atoms with Gasteiger partial charge in [0.15, 0.2) is 23.5 Å². The summed E-state index contributed by atoms with van der Waals surface area (Å²) in [6, 6.07) is 11.9. The Hall–Kier alpha value is -3.92. The first kappa shape index (κ1) is 33.1. The lowest BCUT2D eigenvalue weighted by Crippen LogP contribution is -2.54. The Morgan fingerprint density at radius 3 is 1.27 bits per heavy atom. The Labute approximate surface area is 212 Å². The van der Waals surface area contributed by atoms with Crippen molar-refractivity contribution in [1.29, 1.82) is 0 Å². The van der Waals surface area contributed by atoms with E-state index in [1.54, 1.807) is 24.3 Å². The quantitative estimate of drug-likeness (QED) is 0.0664. The van der Waals surface area contributed by atoms with Gasteiger partial charge in [-0.2, -0.15) is 0 Å². The second-order valence-electron chi connectivity index (χ2n) is 7.86. The van der Waals surface area contributed by atoms with Gasteiger partial charge < -0.3 is 30.6 Å². The Balaban J connectivity index is 0.000000594. The maximum absolute atomic E-state index is 10.9. The van der Waals surface area contributed by atoms with Gasteiger partial charge in [0.2, 0.25) is 0 Å². The fourth-order valence-corrected chi connectivity index (χ4v) is 2.40. The lowest BCUT2D eigenvalue weighted by Gasteiger charge is -2.33. The van der Waals surface area contributed by atoms with Gasteiger partial charge in [-0.3, -0.25) is 19.6 Å². The molecule has 0 aliphatic heterocycles. The molecular formula is C23H32N4O10. The van der Waals surface area contributed by atoms with Gasteiger partial charge in [0.25, 0.3) is 0 Å². The van der Waals surface area contributed by atoms with Crippen molar-refractivity contribution < 1.29 is 49.8 Å². The Bertz CT molecular complexity index is 999. The second kappa shape index (κ2) is 14.6. The fourth-order valence-electron chi connectivity index (χ4n) is 2.40. The number of carbonyl (C=O) groups excluding carboxylic acids is 2. The molecule has 0 radical (unpaired) electrons. The molecular weight excluding hydrogens is 492 g/mol. The van der Waals surface area contributed by atoms with E-state index < -0.39 is 42.4 Å². The lowest BCUT2D eigenvalue weighted by molar-refractivity contribution is -0.128. The van der Waals surface area contributed by atoms with E-state index >= 15 is 0 Å². The molecule has 0 bridgehead atoms. The third kappa shape index (κ3) is 9.92. The number of hydrogen-bond donors (Lipinski definition) is 8. The second-order valence-corrected chi connectivity index (χ2v) is 7.86. The van der Waals surface area contributed by atoms with Gasteiger partial charge in [-0.05, 0) is 38.1 Å². The summed E-state index contributed by atoms with van der Waals surface area (Å²) in [6.45, 7) is 2.55. The van der Waals surface area contributed by atoms with Crippen molar-refractivity contribution >= 4 is 35.4 Å². The highest BCUT2D eigenvalue weighted by atomic mass is 16.4. The van der Waals surface area contributed by atoms with E-state index in [2.05, 4.69) is 0 Å². The highest BCUT2D eigenvalue weighted by Crippen LogP contribution is 2.24. The number of hydrogen-bond acceptors (Lipinski definition) is 12. The number of Topliss-reactive ketones (excluding diaryl/α,β-unsaturated/α-hetero) is 1. The molecule has 0 fully saturated rings. The number of para-hydroxylation sites is 2. The molecule has 37 heavy (non-hydrogen) atoms. The number of carboxylic acids is 2. The van der Waals surface area contributed by atoms with Crippen LogP contribution in [0.25, 0.3) is 0 Å². The molecule has 10 N–H and O–H groups in total. The molecule has 0 aliphatic rings. The van der Waals surface area contributed by atoms with Crippen LogP contribution in [0.3, 0.4) is 0 Å². The molecule has 2 rings (SSSR count). The van der Waals surface area contributed by atoms with Crippen LogP contribution in [-0.2, 0) is 9.59 Å². The molecule has 2 atom stereocenters. The summed E-state index contributed by atoms with van der Waals surface area (Å²) >= 11 is 0. The molecule has 2 aromatic rings. The number of hydrazine groups is 2. The third-order valence-corrected chi connectivity index (χ3v) is 4.59. The Morgan fingerprint density at radius 1 is 0.784 bits per heavy atom. The summed E-state index contributed by atoms with van der Waals surface area (Å²) in [5.41, 5.74) is -3.25. The molecule has 14 heteroatoms. The van der Waals surface area contributed by atoms with Crippen LogP contribution in [0.15, 0.2) is 48.5 Å². The number of aliphatic hydroxyl groups excluding tert-OH is 2. The molecule has 0 heterocycles. The average Bonchev–Trinajstić information content (AvgIpc) is 2.88. The van der Waals surface area contributed by atoms with Gasteiger partial charge in [-0.25, -0.2) is 21.3 Å². The number of rotatable bonds is 9. The average molecular weight is 525 g/mol. The van der Waals surface area contributed by atoms with Crippen LogP contribution in [0.5, 0.6) is 0 Å². The van der Waals surface area contributed by atoms with E-state index in [1.165, 1.54) is 45.0 Å². The zero-order valence-corrected chi connectivity index (χ0v) is 20.5. The van der Waals surface area contributed by atoms with Crippen LogP contribution >= 0.6 is 0 Å². The minimum absolute atomic E-state index is 0.0428. The van der Waals surface area contributed by atoms with Crippen molar-refractivity contribution in [3.8, 4) is 0 Å². The number of carboxylic acid groups (broad SMARTS) is 2. The fraction of sp³-hybridized carbons (Fsp3) is 0.304. The zero-order chi connectivity index (χ0) is 29.0. The van der Waals surface area contributed by atoms with Crippen molar-refractivity contribution in [2.45, 2.75) is 32.2 Å². The predicted molar refractivity (Wildman–Crippen MR) is 132 cm³/mol. The zero-order valence-electron chi connectivity index (χ0n) is 20.5. The topological polar surface area (TPSA) is 248 Å². The van der Waals surface area contributed by atoms with Gasteiger partial charge in [0.05, 0.1) is 35.7 Å². The summed E-state index contributed by atoms with van der Waals surface area (Å²) in [6.07, 6.45) is 0.278. The number of anilines is 2. The summed E-state index contributed by atoms with van der Waals surface area (Å²) in [4.78, 5) is 40.4. The molecule has 0 aromatic heterocycles.